The van der Waals surface area contributed by atoms with Crippen molar-refractivity contribution in [2.75, 3.05) is 17.1 Å². The Morgan fingerprint density at radius 2 is 1.62 bits per heavy atom. The Labute approximate surface area is 139 Å². The number of nitrogens with one attached hydrogen (secondary N) is 2. The Hall–Kier alpha value is -2.80. The third-order valence-electron chi connectivity index (χ3n) is 3.52. The van der Waals surface area contributed by atoms with Crippen LogP contribution in [0, 0.1) is 0 Å². The van der Waals surface area contributed by atoms with Crippen LogP contribution in [0.3, 0.4) is 0 Å². The number of sulfonamides is 1. The SMILES string of the molecule is CNc1c(NS(=O)(=O)Cc2ccccc2)c(=O)oc2ccccc12. The van der Waals surface area contributed by atoms with Crippen LogP contribution in [0.5, 0.6) is 0 Å². The molecule has 0 fully saturated rings. The van der Waals surface area contributed by atoms with Crippen molar-refractivity contribution in [1.29, 1.82) is 0 Å². The molecule has 2 aromatic carbocycles. The molecule has 0 aliphatic rings. The number of hydrogen-bond acceptors (Lipinski definition) is 5. The molecular formula is C17H16N2O4S. The Kier molecular flexibility index (Phi) is 4.26. The maximum absolute atomic E-state index is 12.4. The van der Waals surface area contributed by atoms with Crippen molar-refractivity contribution >= 4 is 32.4 Å². The minimum Gasteiger partial charge on any atom is -0.421 e. The molecule has 0 saturated carbocycles. The first kappa shape index (κ1) is 16.1. The first-order valence-corrected chi connectivity index (χ1v) is 8.93. The summed E-state index contributed by atoms with van der Waals surface area (Å²) in [7, 11) is -2.14. The predicted molar refractivity (Wildman–Crippen MR) is 94.7 cm³/mol. The lowest BCUT2D eigenvalue weighted by Gasteiger charge is -2.13. The predicted octanol–water partition coefficient (Wildman–Crippen LogP) is 2.78. The number of hydrogen-bond donors (Lipinski definition) is 2. The molecule has 6 nitrogen and oxygen atoms in total. The minimum atomic E-state index is -3.76. The van der Waals surface area contributed by atoms with Crippen LogP contribution in [0.2, 0.25) is 0 Å². The molecule has 0 spiro atoms. The van der Waals surface area contributed by atoms with Crippen molar-refractivity contribution in [3.8, 4) is 0 Å². The second-order valence-corrected chi connectivity index (χ2v) is 6.95. The summed E-state index contributed by atoms with van der Waals surface area (Å²) in [6.45, 7) is 0. The Balaban J connectivity index is 2.03. The quantitative estimate of drug-likeness (QED) is 0.695. The van der Waals surface area contributed by atoms with Gasteiger partial charge >= 0.3 is 5.63 Å². The van der Waals surface area contributed by atoms with Gasteiger partial charge in [-0.3, -0.25) is 4.72 Å². The highest BCUT2D eigenvalue weighted by molar-refractivity contribution is 7.91. The molecule has 7 heteroatoms. The van der Waals surface area contributed by atoms with Crippen LogP contribution in [0.15, 0.2) is 63.8 Å². The summed E-state index contributed by atoms with van der Waals surface area (Å²) in [5.41, 5.74) is 0.541. The standard InChI is InChI=1S/C17H16N2O4S/c1-18-15-13-9-5-6-10-14(13)23-17(20)16(15)19-24(21,22)11-12-7-3-2-4-8-12/h2-10,18-19H,11H2,1H3. The zero-order valence-electron chi connectivity index (χ0n) is 12.9. The average molecular weight is 344 g/mol. The number of rotatable bonds is 5. The number of fused-ring (bicyclic) bond motifs is 1. The third kappa shape index (κ3) is 3.26. The summed E-state index contributed by atoms with van der Waals surface area (Å²) < 4.78 is 32.4. The van der Waals surface area contributed by atoms with Crippen molar-refractivity contribution in [3.05, 3.63) is 70.6 Å². The van der Waals surface area contributed by atoms with Gasteiger partial charge < -0.3 is 9.73 Å². The van der Waals surface area contributed by atoms with E-state index in [0.29, 0.717) is 22.2 Å². The maximum Gasteiger partial charge on any atom is 0.363 e. The molecule has 0 atom stereocenters. The molecule has 0 saturated heterocycles. The molecule has 3 aromatic rings. The molecule has 2 N–H and O–H groups in total. The average Bonchev–Trinajstić information content (AvgIpc) is 2.56. The van der Waals surface area contributed by atoms with Crippen molar-refractivity contribution in [2.24, 2.45) is 0 Å². The van der Waals surface area contributed by atoms with Gasteiger partial charge in [-0.25, -0.2) is 13.2 Å². The number of benzene rings is 2. The molecule has 0 radical (unpaired) electrons. The van der Waals surface area contributed by atoms with Gasteiger partial charge in [0.25, 0.3) is 0 Å². The topological polar surface area (TPSA) is 88.4 Å². The first-order chi connectivity index (χ1) is 11.5. The van der Waals surface area contributed by atoms with Crippen LogP contribution >= 0.6 is 0 Å². The lowest BCUT2D eigenvalue weighted by molar-refractivity contribution is 0.563. The molecule has 1 aromatic heterocycles. The van der Waals surface area contributed by atoms with Gasteiger partial charge in [-0.15, -0.1) is 0 Å². The maximum atomic E-state index is 12.4. The van der Waals surface area contributed by atoms with Crippen LogP contribution in [-0.4, -0.2) is 15.5 Å². The van der Waals surface area contributed by atoms with E-state index in [1.54, 1.807) is 61.6 Å². The molecule has 0 amide bonds. The summed E-state index contributed by atoms with van der Waals surface area (Å²) in [5, 5.41) is 3.50. The summed E-state index contributed by atoms with van der Waals surface area (Å²) in [6, 6.07) is 15.7. The van der Waals surface area contributed by atoms with Gasteiger partial charge in [-0.05, 0) is 17.7 Å². The second-order valence-electron chi connectivity index (χ2n) is 5.23. The van der Waals surface area contributed by atoms with E-state index in [0.717, 1.165) is 0 Å². The highest BCUT2D eigenvalue weighted by Crippen LogP contribution is 2.28. The lowest BCUT2D eigenvalue weighted by atomic mass is 10.2. The van der Waals surface area contributed by atoms with Crippen LogP contribution in [0.25, 0.3) is 11.0 Å². The van der Waals surface area contributed by atoms with Crippen LogP contribution < -0.4 is 15.7 Å². The molecule has 0 unspecified atom stereocenters. The van der Waals surface area contributed by atoms with Crippen LogP contribution in [-0.2, 0) is 15.8 Å². The molecule has 1 heterocycles. The van der Waals surface area contributed by atoms with Crippen LogP contribution in [0.4, 0.5) is 11.4 Å². The summed E-state index contributed by atoms with van der Waals surface area (Å²) in [4.78, 5) is 12.2. The van der Waals surface area contributed by atoms with Gasteiger partial charge in [0.1, 0.15) is 5.58 Å². The van der Waals surface area contributed by atoms with E-state index < -0.39 is 15.6 Å². The van der Waals surface area contributed by atoms with Crippen molar-refractivity contribution < 1.29 is 12.8 Å². The number of para-hydroxylation sites is 1. The van der Waals surface area contributed by atoms with E-state index in [4.69, 9.17) is 4.42 Å². The first-order valence-electron chi connectivity index (χ1n) is 7.28. The lowest BCUT2D eigenvalue weighted by Crippen LogP contribution is -2.21. The summed E-state index contributed by atoms with van der Waals surface area (Å²) in [6.07, 6.45) is 0. The van der Waals surface area contributed by atoms with Gasteiger partial charge in [0.05, 0.1) is 11.4 Å². The van der Waals surface area contributed by atoms with E-state index in [1.807, 2.05) is 0 Å². The fraction of sp³-hybridized carbons (Fsp3) is 0.118. The summed E-state index contributed by atoms with van der Waals surface area (Å²) >= 11 is 0. The second kappa shape index (κ2) is 6.37. The smallest absolute Gasteiger partial charge is 0.363 e. The monoisotopic (exact) mass is 344 g/mol. The fourth-order valence-electron chi connectivity index (χ4n) is 2.49. The highest BCUT2D eigenvalue weighted by atomic mass is 32.2. The molecule has 0 aliphatic carbocycles. The van der Waals surface area contributed by atoms with E-state index in [-0.39, 0.29) is 11.4 Å². The molecule has 3 rings (SSSR count). The van der Waals surface area contributed by atoms with E-state index in [1.165, 1.54) is 0 Å². The molecule has 0 aliphatic heterocycles. The van der Waals surface area contributed by atoms with Crippen molar-refractivity contribution in [1.82, 2.24) is 0 Å². The molecule has 124 valence electrons. The molecule has 24 heavy (non-hydrogen) atoms. The van der Waals surface area contributed by atoms with Gasteiger partial charge in [-0.1, -0.05) is 42.5 Å². The van der Waals surface area contributed by atoms with Gasteiger partial charge in [0.15, 0.2) is 5.69 Å². The van der Waals surface area contributed by atoms with E-state index >= 15 is 0 Å². The van der Waals surface area contributed by atoms with E-state index in [9.17, 15) is 13.2 Å². The zero-order chi connectivity index (χ0) is 17.2. The normalized spacial score (nSPS) is 11.4. The highest BCUT2D eigenvalue weighted by Gasteiger charge is 2.19. The minimum absolute atomic E-state index is 0.118. The Morgan fingerprint density at radius 3 is 2.33 bits per heavy atom. The van der Waals surface area contributed by atoms with Gasteiger partial charge in [0.2, 0.25) is 10.0 Å². The van der Waals surface area contributed by atoms with E-state index in [2.05, 4.69) is 10.0 Å². The molecular weight excluding hydrogens is 328 g/mol. The fourth-order valence-corrected chi connectivity index (χ4v) is 3.69. The van der Waals surface area contributed by atoms with Crippen molar-refractivity contribution in [3.63, 3.8) is 0 Å². The van der Waals surface area contributed by atoms with Crippen LogP contribution in [0.1, 0.15) is 5.56 Å². The summed E-state index contributed by atoms with van der Waals surface area (Å²) in [5.74, 6) is -0.233. The van der Waals surface area contributed by atoms with Gasteiger partial charge in [-0.2, -0.15) is 0 Å². The van der Waals surface area contributed by atoms with Crippen molar-refractivity contribution in [2.45, 2.75) is 5.75 Å². The largest absolute Gasteiger partial charge is 0.421 e. The Bertz CT molecular complexity index is 1030. The third-order valence-corrected chi connectivity index (χ3v) is 4.75. The molecule has 0 bridgehead atoms. The Morgan fingerprint density at radius 1 is 0.958 bits per heavy atom. The number of anilines is 2. The zero-order valence-corrected chi connectivity index (χ0v) is 13.8. The van der Waals surface area contributed by atoms with Gasteiger partial charge in [0, 0.05) is 12.4 Å².